The second-order valence-electron chi connectivity index (χ2n) is 5.84. The van der Waals surface area contributed by atoms with Crippen LogP contribution in [-0.4, -0.2) is 31.1 Å². The first-order chi connectivity index (χ1) is 11.3. The second kappa shape index (κ2) is 5.78. The number of nitrogens with zero attached hydrogens (tertiary/aromatic N) is 2. The maximum atomic E-state index is 13.2. The van der Waals surface area contributed by atoms with Gasteiger partial charge in [-0.25, -0.2) is 0 Å². The van der Waals surface area contributed by atoms with Gasteiger partial charge in [-0.05, 0) is 41.0 Å². The maximum Gasteiger partial charge on any atom is 0.416 e. The van der Waals surface area contributed by atoms with E-state index in [1.54, 1.807) is 44.6 Å². The van der Waals surface area contributed by atoms with Crippen LogP contribution in [0.1, 0.15) is 27.0 Å². The normalized spacial score (nSPS) is 13.0. The van der Waals surface area contributed by atoms with E-state index >= 15 is 0 Å². The fourth-order valence-electron chi connectivity index (χ4n) is 2.71. The van der Waals surface area contributed by atoms with Crippen LogP contribution in [0, 0.1) is 0 Å². The van der Waals surface area contributed by atoms with Gasteiger partial charge in [0.15, 0.2) is 0 Å². The summed E-state index contributed by atoms with van der Waals surface area (Å²) in [5.74, 6) is -0.200. The molecule has 6 heteroatoms. The highest BCUT2D eigenvalue weighted by Crippen LogP contribution is 2.37. The van der Waals surface area contributed by atoms with Crippen molar-refractivity contribution in [2.75, 3.05) is 14.1 Å². The molecule has 0 N–H and O–H groups in total. The summed E-state index contributed by atoms with van der Waals surface area (Å²) in [6.45, 7) is 0.239. The molecule has 124 valence electrons. The van der Waals surface area contributed by atoms with Crippen molar-refractivity contribution in [2.24, 2.45) is 4.99 Å². The van der Waals surface area contributed by atoms with E-state index in [1.807, 2.05) is 0 Å². The summed E-state index contributed by atoms with van der Waals surface area (Å²) in [7, 11) is 3.26. The number of halogens is 3. The smallest absolute Gasteiger partial charge is 0.345 e. The zero-order chi connectivity index (χ0) is 17.5. The van der Waals surface area contributed by atoms with Crippen LogP contribution >= 0.6 is 0 Å². The number of carbonyl (C=O) groups excluding carboxylic acids is 1. The lowest BCUT2D eigenvalue weighted by Gasteiger charge is -2.15. The Morgan fingerprint density at radius 3 is 2.58 bits per heavy atom. The lowest BCUT2D eigenvalue weighted by atomic mass is 9.93. The number of alkyl halides is 3. The largest absolute Gasteiger partial charge is 0.416 e. The van der Waals surface area contributed by atoms with Crippen molar-refractivity contribution in [3.05, 3.63) is 58.7 Å². The third-order valence-corrected chi connectivity index (χ3v) is 3.90. The van der Waals surface area contributed by atoms with Crippen LogP contribution in [0.4, 0.5) is 13.2 Å². The van der Waals surface area contributed by atoms with Crippen LogP contribution in [0.15, 0.2) is 41.4 Å². The number of benzene rings is 2. The van der Waals surface area contributed by atoms with Crippen LogP contribution in [-0.2, 0) is 12.7 Å². The molecule has 2 aromatic rings. The Morgan fingerprint density at radius 1 is 1.17 bits per heavy atom. The third kappa shape index (κ3) is 2.91. The summed E-state index contributed by atoms with van der Waals surface area (Å²) >= 11 is 0. The lowest BCUT2D eigenvalue weighted by Crippen LogP contribution is -2.21. The molecule has 1 aliphatic rings. The Balaban J connectivity index is 2.16. The molecule has 0 aliphatic carbocycles. The Kier molecular flexibility index (Phi) is 3.91. The molecular formula is C18H15F3N2O. The summed E-state index contributed by atoms with van der Waals surface area (Å²) in [4.78, 5) is 17.6. The maximum absolute atomic E-state index is 13.2. The van der Waals surface area contributed by atoms with Crippen LogP contribution in [0.25, 0.3) is 11.1 Å². The molecule has 0 unspecified atom stereocenters. The Morgan fingerprint density at radius 2 is 1.92 bits per heavy atom. The standard InChI is InChI=1S/C18H15F3N2O/c1-23(2)17(24)12-5-3-4-11(6-12)15-8-14(18(19,20)21)7-13-9-22-10-16(13)15/h3-8,10H,9H2,1-2H3. The van der Waals surface area contributed by atoms with Crippen LogP contribution in [0.2, 0.25) is 0 Å². The van der Waals surface area contributed by atoms with Gasteiger partial charge in [0.05, 0.1) is 12.1 Å². The molecular weight excluding hydrogens is 317 g/mol. The monoisotopic (exact) mass is 332 g/mol. The van der Waals surface area contributed by atoms with Gasteiger partial charge in [0.25, 0.3) is 5.91 Å². The second-order valence-corrected chi connectivity index (χ2v) is 5.84. The van der Waals surface area contributed by atoms with E-state index in [0.717, 1.165) is 12.1 Å². The van der Waals surface area contributed by atoms with Crippen LogP contribution < -0.4 is 0 Å². The molecule has 1 heterocycles. The van der Waals surface area contributed by atoms with E-state index in [4.69, 9.17) is 0 Å². The van der Waals surface area contributed by atoms with Gasteiger partial charge in [-0.15, -0.1) is 0 Å². The highest BCUT2D eigenvalue weighted by atomic mass is 19.4. The zero-order valence-corrected chi connectivity index (χ0v) is 13.2. The minimum absolute atomic E-state index is 0.200. The summed E-state index contributed by atoms with van der Waals surface area (Å²) in [5, 5.41) is 0. The summed E-state index contributed by atoms with van der Waals surface area (Å²) in [6.07, 6.45) is -2.84. The summed E-state index contributed by atoms with van der Waals surface area (Å²) in [6, 6.07) is 8.90. The molecule has 2 aromatic carbocycles. The van der Waals surface area contributed by atoms with E-state index in [-0.39, 0.29) is 12.5 Å². The Bertz CT molecular complexity index is 839. The highest BCUT2D eigenvalue weighted by Gasteiger charge is 2.32. The number of amides is 1. The summed E-state index contributed by atoms with van der Waals surface area (Å²) in [5.41, 5.74) is 1.96. The van der Waals surface area contributed by atoms with Crippen molar-refractivity contribution in [1.82, 2.24) is 4.90 Å². The zero-order valence-electron chi connectivity index (χ0n) is 13.2. The predicted octanol–water partition coefficient (Wildman–Crippen LogP) is 4.01. The molecule has 3 nitrogen and oxygen atoms in total. The van der Waals surface area contributed by atoms with Gasteiger partial charge in [-0.2, -0.15) is 13.2 Å². The van der Waals surface area contributed by atoms with Gasteiger partial charge in [0, 0.05) is 31.4 Å². The average molecular weight is 332 g/mol. The van der Waals surface area contributed by atoms with Gasteiger partial charge >= 0.3 is 6.18 Å². The third-order valence-electron chi connectivity index (χ3n) is 3.90. The number of hydrogen-bond donors (Lipinski definition) is 0. The molecule has 0 radical (unpaired) electrons. The van der Waals surface area contributed by atoms with E-state index in [1.165, 1.54) is 4.90 Å². The molecule has 0 aromatic heterocycles. The number of carbonyl (C=O) groups is 1. The molecule has 1 aliphatic heterocycles. The van der Waals surface area contributed by atoms with Crippen molar-refractivity contribution in [3.63, 3.8) is 0 Å². The van der Waals surface area contributed by atoms with Crippen molar-refractivity contribution < 1.29 is 18.0 Å². The lowest BCUT2D eigenvalue weighted by molar-refractivity contribution is -0.137. The van der Waals surface area contributed by atoms with Crippen molar-refractivity contribution in [3.8, 4) is 11.1 Å². The van der Waals surface area contributed by atoms with Crippen LogP contribution in [0.5, 0.6) is 0 Å². The van der Waals surface area contributed by atoms with E-state index in [2.05, 4.69) is 4.99 Å². The van der Waals surface area contributed by atoms with E-state index in [9.17, 15) is 18.0 Å². The topological polar surface area (TPSA) is 32.7 Å². The van der Waals surface area contributed by atoms with Gasteiger partial charge in [0.1, 0.15) is 0 Å². The first kappa shape index (κ1) is 16.2. The van der Waals surface area contributed by atoms with Gasteiger partial charge in [0.2, 0.25) is 0 Å². The fraction of sp³-hybridized carbons (Fsp3) is 0.222. The molecule has 1 amide bonds. The Hall–Kier alpha value is -2.63. The van der Waals surface area contributed by atoms with E-state index in [0.29, 0.717) is 27.8 Å². The average Bonchev–Trinajstić information content (AvgIpc) is 3.00. The summed E-state index contributed by atoms with van der Waals surface area (Å²) < 4.78 is 39.5. The number of aliphatic imine (C=N–C) groups is 1. The molecule has 0 fully saturated rings. The Labute approximate surface area is 137 Å². The molecule has 0 bridgehead atoms. The van der Waals surface area contributed by atoms with Crippen molar-refractivity contribution >= 4 is 12.1 Å². The minimum Gasteiger partial charge on any atom is -0.345 e. The molecule has 24 heavy (non-hydrogen) atoms. The first-order valence-corrected chi connectivity index (χ1v) is 7.33. The van der Waals surface area contributed by atoms with Crippen LogP contribution in [0.3, 0.4) is 0 Å². The number of rotatable bonds is 2. The molecule has 0 spiro atoms. The molecule has 0 atom stereocenters. The predicted molar refractivity (Wildman–Crippen MR) is 86.2 cm³/mol. The first-order valence-electron chi connectivity index (χ1n) is 7.33. The van der Waals surface area contributed by atoms with Crippen molar-refractivity contribution in [1.29, 1.82) is 0 Å². The van der Waals surface area contributed by atoms with Gasteiger partial charge in [-0.3, -0.25) is 9.79 Å². The molecule has 0 saturated carbocycles. The number of fused-ring (bicyclic) bond motifs is 1. The SMILES string of the molecule is CN(C)C(=O)c1cccc(-c2cc(C(F)(F)F)cc3c2C=NC3)c1. The number of hydrogen-bond acceptors (Lipinski definition) is 2. The van der Waals surface area contributed by atoms with Gasteiger partial charge in [-0.1, -0.05) is 12.1 Å². The van der Waals surface area contributed by atoms with Crippen molar-refractivity contribution in [2.45, 2.75) is 12.7 Å². The minimum atomic E-state index is -4.43. The fourth-order valence-corrected chi connectivity index (χ4v) is 2.71. The quantitative estimate of drug-likeness (QED) is 0.818. The highest BCUT2D eigenvalue weighted by molar-refractivity contribution is 5.98. The molecule has 0 saturated heterocycles. The van der Waals surface area contributed by atoms with E-state index < -0.39 is 11.7 Å². The molecule has 3 rings (SSSR count). The van der Waals surface area contributed by atoms with Gasteiger partial charge < -0.3 is 4.90 Å².